The zero-order chi connectivity index (χ0) is 14.4. The Balaban J connectivity index is 1.77. The molecule has 3 aromatic rings. The molecule has 0 bridgehead atoms. The van der Waals surface area contributed by atoms with Crippen LogP contribution in [0.5, 0.6) is 0 Å². The molecule has 108 valence electrons. The molecule has 0 unspecified atom stereocenters. The molecule has 1 saturated carbocycles. The van der Waals surface area contributed by atoms with Gasteiger partial charge in [-0.25, -0.2) is 19.6 Å². The summed E-state index contributed by atoms with van der Waals surface area (Å²) in [5.41, 5.74) is 4.85. The van der Waals surface area contributed by atoms with Gasteiger partial charge >= 0.3 is 0 Å². The molecule has 1 aliphatic carbocycles. The Morgan fingerprint density at radius 1 is 1.29 bits per heavy atom. The normalized spacial score (nSPS) is 15.0. The lowest BCUT2D eigenvalue weighted by atomic mass is 10.2. The van der Waals surface area contributed by atoms with Crippen LogP contribution in [0, 0.1) is 13.8 Å². The van der Waals surface area contributed by atoms with Crippen LogP contribution in [0.1, 0.15) is 29.8 Å². The maximum absolute atomic E-state index is 4.65. The molecule has 1 aliphatic rings. The van der Waals surface area contributed by atoms with Gasteiger partial charge in [-0.15, -0.1) is 0 Å². The molecular weight excluding hydrogens is 266 g/mol. The highest BCUT2D eigenvalue weighted by atomic mass is 15.3. The van der Waals surface area contributed by atoms with E-state index in [1.54, 1.807) is 6.33 Å². The smallest absolute Gasteiger partial charge is 0.182 e. The minimum absolute atomic E-state index is 0.658. The van der Waals surface area contributed by atoms with Gasteiger partial charge < -0.3 is 10.3 Å². The minimum atomic E-state index is 0.658. The second kappa shape index (κ2) is 4.63. The fourth-order valence-electron chi connectivity index (χ4n) is 2.58. The van der Waals surface area contributed by atoms with E-state index in [9.17, 15) is 0 Å². The van der Waals surface area contributed by atoms with Gasteiger partial charge in [0.05, 0.1) is 12.0 Å². The third kappa shape index (κ3) is 2.09. The Morgan fingerprint density at radius 3 is 2.95 bits per heavy atom. The Morgan fingerprint density at radius 2 is 2.14 bits per heavy atom. The highest BCUT2D eigenvalue weighted by Crippen LogP contribution is 2.23. The summed E-state index contributed by atoms with van der Waals surface area (Å²) in [6.45, 7) is 4.98. The van der Waals surface area contributed by atoms with E-state index in [0.717, 1.165) is 29.3 Å². The van der Waals surface area contributed by atoms with Gasteiger partial charge in [0.2, 0.25) is 0 Å². The zero-order valence-electron chi connectivity index (χ0n) is 12.1. The van der Waals surface area contributed by atoms with Crippen molar-refractivity contribution in [2.24, 2.45) is 0 Å². The minimum Gasteiger partial charge on any atom is -0.340 e. The first-order valence-corrected chi connectivity index (χ1v) is 7.17. The Hall–Kier alpha value is -2.28. The van der Waals surface area contributed by atoms with Gasteiger partial charge in [0.25, 0.3) is 0 Å². The van der Waals surface area contributed by atoms with Crippen molar-refractivity contribution in [2.75, 3.05) is 0 Å². The molecule has 0 atom stereocenters. The van der Waals surface area contributed by atoms with Crippen molar-refractivity contribution in [1.29, 1.82) is 0 Å². The van der Waals surface area contributed by atoms with E-state index in [1.165, 1.54) is 24.7 Å². The van der Waals surface area contributed by atoms with Gasteiger partial charge in [-0.2, -0.15) is 5.10 Å². The zero-order valence-corrected chi connectivity index (χ0v) is 12.1. The van der Waals surface area contributed by atoms with Crippen LogP contribution in [0.4, 0.5) is 0 Å². The molecule has 0 radical (unpaired) electrons. The molecule has 0 amide bonds. The van der Waals surface area contributed by atoms with Crippen LogP contribution in [0.25, 0.3) is 17.0 Å². The molecule has 1 fully saturated rings. The maximum Gasteiger partial charge on any atom is 0.182 e. The quantitative estimate of drug-likeness (QED) is 0.756. The van der Waals surface area contributed by atoms with Crippen LogP contribution in [-0.4, -0.2) is 35.8 Å². The first-order chi connectivity index (χ1) is 10.2. The van der Waals surface area contributed by atoms with E-state index in [4.69, 9.17) is 0 Å². The first kappa shape index (κ1) is 12.5. The maximum atomic E-state index is 4.65. The fourth-order valence-corrected chi connectivity index (χ4v) is 2.58. The standard InChI is InChI=1S/C14H17N7/c1-8-11(5-15-10-3-4-10)9(2)21(20-8)14-12-13(17-6-16-12)18-7-19-14/h6-7,10,15H,3-5H2,1-2H3,(H,16,17,18,19). The monoisotopic (exact) mass is 283 g/mol. The number of nitrogens with one attached hydrogen (secondary N) is 2. The van der Waals surface area contributed by atoms with Gasteiger partial charge in [0, 0.05) is 23.8 Å². The number of aryl methyl sites for hydroxylation is 1. The number of H-pyrrole nitrogens is 1. The summed E-state index contributed by atoms with van der Waals surface area (Å²) in [7, 11) is 0. The predicted molar refractivity (Wildman–Crippen MR) is 78.1 cm³/mol. The van der Waals surface area contributed by atoms with Crippen molar-refractivity contribution in [3.8, 4) is 5.82 Å². The summed E-state index contributed by atoms with van der Waals surface area (Å²) < 4.78 is 1.88. The number of imidazole rings is 1. The van der Waals surface area contributed by atoms with Crippen LogP contribution in [0.2, 0.25) is 0 Å². The lowest BCUT2D eigenvalue weighted by Gasteiger charge is -2.06. The average Bonchev–Trinajstić information content (AvgIpc) is 3.10. The van der Waals surface area contributed by atoms with Crippen LogP contribution in [-0.2, 0) is 6.54 Å². The topological polar surface area (TPSA) is 84.3 Å². The number of nitrogens with zero attached hydrogens (tertiary/aromatic N) is 5. The molecule has 0 spiro atoms. The lowest BCUT2D eigenvalue weighted by Crippen LogP contribution is -2.16. The molecule has 0 saturated heterocycles. The van der Waals surface area contributed by atoms with Gasteiger partial charge in [0.1, 0.15) is 11.8 Å². The van der Waals surface area contributed by atoms with Crippen LogP contribution < -0.4 is 5.32 Å². The molecule has 3 heterocycles. The van der Waals surface area contributed by atoms with Crippen molar-refractivity contribution in [1.82, 2.24) is 35.0 Å². The van der Waals surface area contributed by atoms with E-state index in [1.807, 2.05) is 11.6 Å². The van der Waals surface area contributed by atoms with Crippen LogP contribution >= 0.6 is 0 Å². The van der Waals surface area contributed by atoms with Crippen molar-refractivity contribution < 1.29 is 0 Å². The Labute approximate surface area is 121 Å². The third-order valence-corrected chi connectivity index (χ3v) is 3.99. The summed E-state index contributed by atoms with van der Waals surface area (Å²) in [5.74, 6) is 0.746. The van der Waals surface area contributed by atoms with Crippen molar-refractivity contribution in [3.05, 3.63) is 29.6 Å². The van der Waals surface area contributed by atoms with Gasteiger partial charge in [-0.05, 0) is 26.7 Å². The second-order valence-corrected chi connectivity index (χ2v) is 5.51. The fraction of sp³-hybridized carbons (Fsp3) is 0.429. The number of fused-ring (bicyclic) bond motifs is 1. The molecule has 7 heteroatoms. The van der Waals surface area contributed by atoms with E-state index in [2.05, 4.69) is 37.3 Å². The number of aromatic amines is 1. The molecular formula is C14H17N7. The van der Waals surface area contributed by atoms with Crippen LogP contribution in [0.15, 0.2) is 12.7 Å². The molecule has 3 aromatic heterocycles. The molecule has 7 nitrogen and oxygen atoms in total. The number of hydrogen-bond donors (Lipinski definition) is 2. The SMILES string of the molecule is Cc1nn(-c2ncnc3nc[nH]c23)c(C)c1CNC1CC1. The summed E-state index contributed by atoms with van der Waals surface area (Å²) >= 11 is 0. The van der Waals surface area contributed by atoms with E-state index in [0.29, 0.717) is 11.7 Å². The number of aromatic nitrogens is 6. The first-order valence-electron chi connectivity index (χ1n) is 7.17. The molecule has 0 aliphatic heterocycles. The van der Waals surface area contributed by atoms with E-state index >= 15 is 0 Å². The van der Waals surface area contributed by atoms with Gasteiger partial charge in [-0.3, -0.25) is 0 Å². The number of hydrogen-bond acceptors (Lipinski definition) is 5. The molecule has 2 N–H and O–H groups in total. The van der Waals surface area contributed by atoms with E-state index in [-0.39, 0.29) is 0 Å². The Bertz CT molecular complexity index is 797. The highest BCUT2D eigenvalue weighted by Gasteiger charge is 2.22. The summed E-state index contributed by atoms with van der Waals surface area (Å²) in [5, 5.41) is 8.19. The molecule has 4 rings (SSSR count). The van der Waals surface area contributed by atoms with E-state index < -0.39 is 0 Å². The van der Waals surface area contributed by atoms with Crippen LogP contribution in [0.3, 0.4) is 0 Å². The van der Waals surface area contributed by atoms with Crippen molar-refractivity contribution >= 4 is 11.2 Å². The van der Waals surface area contributed by atoms with Gasteiger partial charge in [0.15, 0.2) is 11.5 Å². The molecule has 0 aromatic carbocycles. The predicted octanol–water partition coefficient (Wildman–Crippen LogP) is 1.41. The number of rotatable bonds is 4. The molecule has 21 heavy (non-hydrogen) atoms. The highest BCUT2D eigenvalue weighted by molar-refractivity contribution is 5.77. The summed E-state index contributed by atoms with van der Waals surface area (Å²) in [6, 6.07) is 0.686. The Kier molecular flexibility index (Phi) is 2.75. The van der Waals surface area contributed by atoms with Crippen molar-refractivity contribution in [2.45, 2.75) is 39.3 Å². The summed E-state index contributed by atoms with van der Waals surface area (Å²) in [6.07, 6.45) is 5.72. The van der Waals surface area contributed by atoms with Crippen molar-refractivity contribution in [3.63, 3.8) is 0 Å². The van der Waals surface area contributed by atoms with Gasteiger partial charge in [-0.1, -0.05) is 0 Å². The average molecular weight is 283 g/mol. The second-order valence-electron chi connectivity index (χ2n) is 5.51. The lowest BCUT2D eigenvalue weighted by molar-refractivity contribution is 0.682. The largest absolute Gasteiger partial charge is 0.340 e. The summed E-state index contributed by atoms with van der Waals surface area (Å²) in [4.78, 5) is 15.8. The third-order valence-electron chi connectivity index (χ3n) is 3.99.